The van der Waals surface area contributed by atoms with Gasteiger partial charge in [0, 0.05) is 36.9 Å². The number of amides is 1. The largest absolute Gasteiger partial charge is 0.336 e. The molecule has 0 saturated carbocycles. The summed E-state index contributed by atoms with van der Waals surface area (Å²) in [6, 6.07) is 6.88. The first-order valence-electron chi connectivity index (χ1n) is 7.54. The van der Waals surface area contributed by atoms with Crippen LogP contribution >= 0.6 is 0 Å². The van der Waals surface area contributed by atoms with Crippen LogP contribution in [0.25, 0.3) is 0 Å². The van der Waals surface area contributed by atoms with E-state index in [1.54, 1.807) is 24.3 Å². The Morgan fingerprint density at radius 2 is 2.05 bits per heavy atom. The molecule has 122 valence electrons. The van der Waals surface area contributed by atoms with Crippen LogP contribution < -0.4 is 10.0 Å². The molecule has 1 aromatic rings. The highest BCUT2D eigenvalue weighted by molar-refractivity contribution is 7.92. The lowest BCUT2D eigenvalue weighted by Gasteiger charge is -2.32. The number of sulfonamides is 1. The van der Waals surface area contributed by atoms with Crippen molar-refractivity contribution in [2.45, 2.75) is 26.3 Å². The third-order valence-corrected chi connectivity index (χ3v) is 5.03. The number of hydrogen-bond acceptors (Lipinski definition) is 4. The van der Waals surface area contributed by atoms with E-state index in [-0.39, 0.29) is 17.7 Å². The number of benzene rings is 1. The van der Waals surface area contributed by atoms with E-state index in [1.165, 1.54) is 0 Å². The summed E-state index contributed by atoms with van der Waals surface area (Å²) in [5.74, 6) is 0.0723. The zero-order valence-corrected chi connectivity index (χ0v) is 13.8. The molecule has 2 N–H and O–H groups in total. The Morgan fingerprint density at radius 1 is 1.36 bits per heavy atom. The van der Waals surface area contributed by atoms with Crippen molar-refractivity contribution in [2.24, 2.45) is 0 Å². The Bertz CT molecular complexity index is 613. The minimum atomic E-state index is -3.30. The molecule has 2 rings (SSSR count). The highest BCUT2D eigenvalue weighted by atomic mass is 32.2. The lowest BCUT2D eigenvalue weighted by atomic mass is 10.1. The van der Waals surface area contributed by atoms with Gasteiger partial charge in [0.2, 0.25) is 10.0 Å². The van der Waals surface area contributed by atoms with Gasteiger partial charge in [0.1, 0.15) is 0 Å². The number of anilines is 1. The molecule has 6 nitrogen and oxygen atoms in total. The molecule has 0 aliphatic carbocycles. The second-order valence-corrected chi connectivity index (χ2v) is 7.45. The van der Waals surface area contributed by atoms with Crippen LogP contribution in [0.5, 0.6) is 0 Å². The van der Waals surface area contributed by atoms with E-state index in [0.717, 1.165) is 6.54 Å². The molecule has 0 bridgehead atoms. The molecule has 1 unspecified atom stereocenters. The minimum Gasteiger partial charge on any atom is -0.336 e. The van der Waals surface area contributed by atoms with E-state index in [4.69, 9.17) is 0 Å². The van der Waals surface area contributed by atoms with E-state index >= 15 is 0 Å². The summed E-state index contributed by atoms with van der Waals surface area (Å²) >= 11 is 0. The summed E-state index contributed by atoms with van der Waals surface area (Å²) in [7, 11) is -3.30. The third-order valence-electron chi connectivity index (χ3n) is 3.53. The van der Waals surface area contributed by atoms with Crippen molar-refractivity contribution in [1.29, 1.82) is 0 Å². The van der Waals surface area contributed by atoms with E-state index in [0.29, 0.717) is 30.8 Å². The lowest BCUT2D eigenvalue weighted by molar-refractivity contribution is 0.0709. The van der Waals surface area contributed by atoms with Gasteiger partial charge in [-0.15, -0.1) is 0 Å². The topological polar surface area (TPSA) is 78.5 Å². The highest BCUT2D eigenvalue weighted by Crippen LogP contribution is 2.14. The Kier molecular flexibility index (Phi) is 5.42. The number of carbonyl (C=O) groups is 1. The second kappa shape index (κ2) is 7.11. The summed E-state index contributed by atoms with van der Waals surface area (Å²) in [6.07, 6.45) is 0.563. The molecule has 1 saturated heterocycles. The molecule has 1 aliphatic heterocycles. The molecule has 1 fully saturated rings. The number of piperazine rings is 1. The zero-order valence-electron chi connectivity index (χ0n) is 13.0. The van der Waals surface area contributed by atoms with Crippen LogP contribution in [0, 0.1) is 0 Å². The van der Waals surface area contributed by atoms with E-state index in [2.05, 4.69) is 10.0 Å². The first-order valence-corrected chi connectivity index (χ1v) is 9.19. The van der Waals surface area contributed by atoms with E-state index in [9.17, 15) is 13.2 Å². The Morgan fingerprint density at radius 3 is 2.64 bits per heavy atom. The van der Waals surface area contributed by atoms with Crippen LogP contribution in [0.2, 0.25) is 0 Å². The summed E-state index contributed by atoms with van der Waals surface area (Å²) in [6.45, 7) is 6.03. The van der Waals surface area contributed by atoms with Gasteiger partial charge in [-0.3, -0.25) is 9.52 Å². The van der Waals surface area contributed by atoms with Crippen molar-refractivity contribution in [1.82, 2.24) is 10.2 Å². The average molecular weight is 325 g/mol. The third kappa shape index (κ3) is 4.45. The van der Waals surface area contributed by atoms with Crippen LogP contribution in [-0.2, 0) is 10.0 Å². The van der Waals surface area contributed by atoms with Gasteiger partial charge >= 0.3 is 0 Å². The van der Waals surface area contributed by atoms with Gasteiger partial charge < -0.3 is 10.2 Å². The lowest BCUT2D eigenvalue weighted by Crippen LogP contribution is -2.51. The molecule has 7 heteroatoms. The van der Waals surface area contributed by atoms with Crippen LogP contribution in [0.4, 0.5) is 5.69 Å². The molecular formula is C15H23N3O3S. The highest BCUT2D eigenvalue weighted by Gasteiger charge is 2.21. The van der Waals surface area contributed by atoms with Crippen molar-refractivity contribution in [3.8, 4) is 0 Å². The van der Waals surface area contributed by atoms with Crippen molar-refractivity contribution >= 4 is 21.6 Å². The van der Waals surface area contributed by atoms with Gasteiger partial charge in [-0.25, -0.2) is 8.42 Å². The molecular weight excluding hydrogens is 302 g/mol. The van der Waals surface area contributed by atoms with Gasteiger partial charge in [0.15, 0.2) is 0 Å². The molecule has 1 heterocycles. The standard InChI is InChI=1S/C15H23N3O3S/c1-3-10-22(20,21)17-14-6-4-13(5-7-14)15(19)18-9-8-16-12(2)11-18/h4-7,12,16-17H,3,8-11H2,1-2H3. The Balaban J connectivity index is 2.03. The molecule has 0 radical (unpaired) electrons. The summed E-state index contributed by atoms with van der Waals surface area (Å²) < 4.78 is 25.9. The van der Waals surface area contributed by atoms with Gasteiger partial charge in [-0.05, 0) is 37.6 Å². The van der Waals surface area contributed by atoms with Gasteiger partial charge in [0.25, 0.3) is 5.91 Å². The fraction of sp³-hybridized carbons (Fsp3) is 0.533. The molecule has 1 amide bonds. The quantitative estimate of drug-likeness (QED) is 0.854. The van der Waals surface area contributed by atoms with Crippen LogP contribution in [0.15, 0.2) is 24.3 Å². The first kappa shape index (κ1) is 16.8. The number of rotatable bonds is 5. The second-order valence-electron chi connectivity index (χ2n) is 5.60. The number of nitrogens with zero attached hydrogens (tertiary/aromatic N) is 1. The predicted molar refractivity (Wildman–Crippen MR) is 87.5 cm³/mol. The number of carbonyl (C=O) groups excluding carboxylic acids is 1. The Labute approximate surface area is 131 Å². The molecule has 1 atom stereocenters. The molecule has 1 aliphatic rings. The molecule has 0 aromatic heterocycles. The van der Waals surface area contributed by atoms with Gasteiger partial charge in [-0.2, -0.15) is 0 Å². The predicted octanol–water partition coefficient (Wildman–Crippen LogP) is 1.27. The first-order chi connectivity index (χ1) is 10.4. The normalized spacial score (nSPS) is 19.0. The number of nitrogens with one attached hydrogen (secondary N) is 2. The van der Waals surface area contributed by atoms with Gasteiger partial charge in [-0.1, -0.05) is 6.92 Å². The fourth-order valence-corrected chi connectivity index (χ4v) is 3.61. The van der Waals surface area contributed by atoms with Crippen molar-refractivity contribution < 1.29 is 13.2 Å². The van der Waals surface area contributed by atoms with Crippen LogP contribution in [0.3, 0.4) is 0 Å². The summed E-state index contributed by atoms with van der Waals surface area (Å²) in [4.78, 5) is 14.2. The molecule has 0 spiro atoms. The molecule has 22 heavy (non-hydrogen) atoms. The SMILES string of the molecule is CCCS(=O)(=O)Nc1ccc(C(=O)N2CCNC(C)C2)cc1. The smallest absolute Gasteiger partial charge is 0.253 e. The fourth-order valence-electron chi connectivity index (χ4n) is 2.48. The Hall–Kier alpha value is -1.60. The maximum absolute atomic E-state index is 12.4. The minimum absolute atomic E-state index is 0.0173. The van der Waals surface area contributed by atoms with Crippen molar-refractivity contribution in [2.75, 3.05) is 30.1 Å². The summed E-state index contributed by atoms with van der Waals surface area (Å²) in [5.41, 5.74) is 1.06. The number of hydrogen-bond donors (Lipinski definition) is 2. The summed E-state index contributed by atoms with van der Waals surface area (Å²) in [5, 5.41) is 3.29. The maximum Gasteiger partial charge on any atom is 0.253 e. The van der Waals surface area contributed by atoms with E-state index < -0.39 is 10.0 Å². The van der Waals surface area contributed by atoms with Gasteiger partial charge in [0.05, 0.1) is 5.75 Å². The van der Waals surface area contributed by atoms with Crippen molar-refractivity contribution in [3.63, 3.8) is 0 Å². The maximum atomic E-state index is 12.4. The van der Waals surface area contributed by atoms with Crippen LogP contribution in [-0.4, -0.2) is 50.7 Å². The zero-order chi connectivity index (χ0) is 16.2. The van der Waals surface area contributed by atoms with E-state index in [1.807, 2.05) is 18.7 Å². The van der Waals surface area contributed by atoms with Crippen LogP contribution in [0.1, 0.15) is 30.6 Å². The average Bonchev–Trinajstić information content (AvgIpc) is 2.47. The van der Waals surface area contributed by atoms with Crippen molar-refractivity contribution in [3.05, 3.63) is 29.8 Å². The molecule has 1 aromatic carbocycles. The monoisotopic (exact) mass is 325 g/mol.